The molecule has 0 saturated heterocycles. The van der Waals surface area contributed by atoms with Crippen molar-refractivity contribution in [3.8, 4) is 56.2 Å². The Hall–Kier alpha value is -6.03. The molecule has 0 unspecified atom stereocenters. The highest BCUT2D eigenvalue weighted by Crippen LogP contribution is 2.65. The average molecular weight is 695 g/mol. The number of hydrogen-bond acceptors (Lipinski definition) is 3. The molecule has 1 spiro atoms. The number of aromatic nitrogens is 2. The summed E-state index contributed by atoms with van der Waals surface area (Å²) in [5, 5.41) is 0. The molecule has 53 heavy (non-hydrogen) atoms. The van der Waals surface area contributed by atoms with Gasteiger partial charge in [0.25, 0.3) is 0 Å². The van der Waals surface area contributed by atoms with Crippen LogP contribution in [0.4, 0.5) is 0 Å². The minimum atomic E-state index is -0.408. The standard InChI is InChI=1S/C50H34N2S/c1-49(2)45-35(22-15-23-37(45)43-30-42(31-16-5-3-6-17-31)51-48(52-43)32-18-7-4-8-19-32)36-28-29-41-47(46(36)49)53-44-27-14-13-26-40(44)50(41)38-24-11-9-20-33(38)34-21-10-12-25-39(34)50/h3-30H,1-2H3. The molecule has 0 amide bonds. The van der Waals surface area contributed by atoms with Crippen molar-refractivity contribution in [1.82, 2.24) is 9.97 Å². The Kier molecular flexibility index (Phi) is 6.48. The van der Waals surface area contributed by atoms with Gasteiger partial charge in [0, 0.05) is 31.9 Å². The van der Waals surface area contributed by atoms with E-state index in [4.69, 9.17) is 9.97 Å². The monoisotopic (exact) mass is 694 g/mol. The molecule has 0 fully saturated rings. The van der Waals surface area contributed by atoms with Gasteiger partial charge in [0.2, 0.25) is 0 Å². The highest BCUT2D eigenvalue weighted by molar-refractivity contribution is 7.99. The molecule has 8 aromatic rings. The quantitative estimate of drug-likeness (QED) is 0.184. The van der Waals surface area contributed by atoms with Crippen LogP contribution in [0, 0.1) is 0 Å². The van der Waals surface area contributed by atoms with Crippen molar-refractivity contribution >= 4 is 11.8 Å². The fraction of sp³-hybridized carbons (Fsp3) is 0.0800. The van der Waals surface area contributed by atoms with E-state index in [1.54, 1.807) is 0 Å². The molecule has 250 valence electrons. The molecule has 2 heterocycles. The number of rotatable bonds is 3. The van der Waals surface area contributed by atoms with Gasteiger partial charge in [-0.2, -0.15) is 0 Å². The lowest BCUT2D eigenvalue weighted by molar-refractivity contribution is 0.633. The topological polar surface area (TPSA) is 25.8 Å². The molecule has 3 heteroatoms. The minimum Gasteiger partial charge on any atom is -0.228 e. The van der Waals surface area contributed by atoms with Crippen molar-refractivity contribution in [3.05, 3.63) is 203 Å². The average Bonchev–Trinajstić information content (AvgIpc) is 3.64. The van der Waals surface area contributed by atoms with E-state index in [0.29, 0.717) is 0 Å². The van der Waals surface area contributed by atoms with Gasteiger partial charge < -0.3 is 0 Å². The lowest BCUT2D eigenvalue weighted by atomic mass is 9.66. The van der Waals surface area contributed by atoms with E-state index >= 15 is 0 Å². The van der Waals surface area contributed by atoms with E-state index in [9.17, 15) is 0 Å². The van der Waals surface area contributed by atoms with Crippen LogP contribution < -0.4 is 0 Å². The van der Waals surface area contributed by atoms with Gasteiger partial charge in [0.1, 0.15) is 0 Å². The molecule has 0 saturated carbocycles. The molecule has 0 radical (unpaired) electrons. The summed E-state index contributed by atoms with van der Waals surface area (Å²) in [6.45, 7) is 4.84. The third-order valence-corrected chi connectivity index (χ3v) is 12.9. The maximum absolute atomic E-state index is 5.31. The van der Waals surface area contributed by atoms with Gasteiger partial charge in [-0.1, -0.05) is 183 Å². The molecule has 2 nitrogen and oxygen atoms in total. The smallest absolute Gasteiger partial charge is 0.160 e. The van der Waals surface area contributed by atoms with Crippen LogP contribution in [0.25, 0.3) is 56.2 Å². The third-order valence-electron chi connectivity index (χ3n) is 11.7. The third kappa shape index (κ3) is 4.17. The second-order valence-electron chi connectivity index (χ2n) is 14.9. The van der Waals surface area contributed by atoms with Crippen molar-refractivity contribution in [1.29, 1.82) is 0 Å². The number of hydrogen-bond donors (Lipinski definition) is 0. The van der Waals surface area contributed by atoms with Crippen molar-refractivity contribution in [2.75, 3.05) is 0 Å². The van der Waals surface area contributed by atoms with E-state index in [1.807, 2.05) is 17.8 Å². The van der Waals surface area contributed by atoms with Gasteiger partial charge in [0.05, 0.1) is 16.8 Å². The molecule has 1 aliphatic heterocycles. The van der Waals surface area contributed by atoms with E-state index < -0.39 is 5.41 Å². The number of fused-ring (bicyclic) bond motifs is 13. The highest BCUT2D eigenvalue weighted by atomic mass is 32.2. The Morgan fingerprint density at radius 3 is 1.68 bits per heavy atom. The first kappa shape index (κ1) is 30.6. The summed E-state index contributed by atoms with van der Waals surface area (Å²) in [5.74, 6) is 0.734. The molecule has 2 aliphatic carbocycles. The van der Waals surface area contributed by atoms with E-state index in [-0.39, 0.29) is 5.41 Å². The van der Waals surface area contributed by atoms with E-state index in [2.05, 4.69) is 178 Å². The molecule has 1 aromatic heterocycles. The Bertz CT molecular complexity index is 2680. The van der Waals surface area contributed by atoms with Crippen LogP contribution in [0.15, 0.2) is 180 Å². The zero-order valence-corrected chi connectivity index (χ0v) is 30.3. The fourth-order valence-electron chi connectivity index (χ4n) is 9.61. The maximum atomic E-state index is 5.31. The maximum Gasteiger partial charge on any atom is 0.160 e. The number of nitrogens with zero attached hydrogens (tertiary/aromatic N) is 2. The van der Waals surface area contributed by atoms with Crippen molar-refractivity contribution in [2.45, 2.75) is 34.5 Å². The van der Waals surface area contributed by atoms with Gasteiger partial charge in [0.15, 0.2) is 5.82 Å². The lowest BCUT2D eigenvalue weighted by Gasteiger charge is -2.41. The zero-order valence-electron chi connectivity index (χ0n) is 29.5. The first-order chi connectivity index (χ1) is 26.0. The van der Waals surface area contributed by atoms with Crippen LogP contribution in [0.3, 0.4) is 0 Å². The van der Waals surface area contributed by atoms with Gasteiger partial charge in [-0.15, -0.1) is 0 Å². The van der Waals surface area contributed by atoms with Crippen LogP contribution in [-0.4, -0.2) is 9.97 Å². The second-order valence-corrected chi connectivity index (χ2v) is 15.9. The van der Waals surface area contributed by atoms with E-state index in [0.717, 1.165) is 33.9 Å². The first-order valence-electron chi connectivity index (χ1n) is 18.3. The Labute approximate surface area is 314 Å². The van der Waals surface area contributed by atoms with Crippen molar-refractivity contribution < 1.29 is 0 Å². The van der Waals surface area contributed by atoms with Gasteiger partial charge >= 0.3 is 0 Å². The molecule has 0 N–H and O–H groups in total. The predicted molar refractivity (Wildman–Crippen MR) is 217 cm³/mol. The first-order valence-corrected chi connectivity index (χ1v) is 19.2. The normalized spacial score (nSPS) is 14.8. The molecular formula is C50H34N2S. The largest absolute Gasteiger partial charge is 0.228 e. The SMILES string of the molecule is CC1(C)c2c(-c3cc(-c4ccccc4)nc(-c4ccccc4)n3)cccc2-c2ccc3c(c21)Sc1ccccc1C31c2ccccc2-c2ccccc21. The van der Waals surface area contributed by atoms with Crippen LogP contribution in [0.2, 0.25) is 0 Å². The fourth-order valence-corrected chi connectivity index (χ4v) is 11.1. The Morgan fingerprint density at radius 2 is 0.962 bits per heavy atom. The lowest BCUT2D eigenvalue weighted by Crippen LogP contribution is -2.33. The summed E-state index contributed by atoms with van der Waals surface area (Å²) in [4.78, 5) is 13.1. The summed E-state index contributed by atoms with van der Waals surface area (Å²) in [6.07, 6.45) is 0. The molecular weight excluding hydrogens is 661 g/mol. The Balaban J connectivity index is 1.16. The molecule has 11 rings (SSSR count). The summed E-state index contributed by atoms with van der Waals surface area (Å²) in [7, 11) is 0. The molecule has 3 aliphatic rings. The van der Waals surface area contributed by atoms with Crippen LogP contribution in [-0.2, 0) is 10.8 Å². The highest BCUT2D eigenvalue weighted by Gasteiger charge is 2.52. The summed E-state index contributed by atoms with van der Waals surface area (Å²) in [6, 6.07) is 61.9. The summed E-state index contributed by atoms with van der Waals surface area (Å²) < 4.78 is 0. The van der Waals surface area contributed by atoms with Crippen LogP contribution in [0.5, 0.6) is 0 Å². The Morgan fingerprint density at radius 1 is 0.415 bits per heavy atom. The van der Waals surface area contributed by atoms with E-state index in [1.165, 1.54) is 65.4 Å². The molecule has 0 bridgehead atoms. The van der Waals surface area contributed by atoms with Crippen LogP contribution >= 0.6 is 11.8 Å². The van der Waals surface area contributed by atoms with Gasteiger partial charge in [-0.25, -0.2) is 9.97 Å². The summed E-state index contributed by atoms with van der Waals surface area (Å²) in [5.41, 5.74) is 17.8. The molecule has 0 atom stereocenters. The van der Waals surface area contributed by atoms with Crippen molar-refractivity contribution in [2.24, 2.45) is 0 Å². The van der Waals surface area contributed by atoms with Gasteiger partial charge in [-0.05, 0) is 67.8 Å². The van der Waals surface area contributed by atoms with Crippen LogP contribution in [0.1, 0.15) is 47.2 Å². The second kappa shape index (κ2) is 11.2. The summed E-state index contributed by atoms with van der Waals surface area (Å²) >= 11 is 1.95. The molecule has 7 aromatic carbocycles. The number of benzene rings is 7. The van der Waals surface area contributed by atoms with Crippen molar-refractivity contribution in [3.63, 3.8) is 0 Å². The van der Waals surface area contributed by atoms with Gasteiger partial charge in [-0.3, -0.25) is 0 Å². The zero-order chi connectivity index (χ0) is 35.3. The predicted octanol–water partition coefficient (Wildman–Crippen LogP) is 12.6. The minimum absolute atomic E-state index is 0.310.